The van der Waals surface area contributed by atoms with Gasteiger partial charge in [-0.3, -0.25) is 0 Å². The second kappa shape index (κ2) is 14.1. The molecular formula is C54H35NS2. The molecule has 3 heteroatoms. The first-order valence-electron chi connectivity index (χ1n) is 19.3. The molecule has 0 saturated heterocycles. The van der Waals surface area contributed by atoms with E-state index in [4.69, 9.17) is 0 Å². The van der Waals surface area contributed by atoms with Crippen molar-refractivity contribution in [3.8, 4) is 44.5 Å². The molecule has 0 amide bonds. The Balaban J connectivity index is 1.10. The van der Waals surface area contributed by atoms with E-state index in [9.17, 15) is 0 Å². The van der Waals surface area contributed by atoms with Crippen LogP contribution in [0.5, 0.6) is 0 Å². The van der Waals surface area contributed by atoms with Crippen molar-refractivity contribution in [3.05, 3.63) is 212 Å². The second-order valence-corrected chi connectivity index (χ2v) is 16.6. The largest absolute Gasteiger partial charge is 0.310 e. The lowest BCUT2D eigenvalue weighted by molar-refractivity contribution is 1.29. The molecule has 0 unspecified atom stereocenters. The van der Waals surface area contributed by atoms with Crippen LogP contribution >= 0.6 is 22.7 Å². The zero-order valence-electron chi connectivity index (χ0n) is 31.0. The third-order valence-corrected chi connectivity index (χ3v) is 13.5. The summed E-state index contributed by atoms with van der Waals surface area (Å²) in [4.78, 5) is 2.45. The van der Waals surface area contributed by atoms with E-state index in [1.165, 1.54) is 84.9 Å². The Kier molecular flexibility index (Phi) is 8.28. The zero-order chi connectivity index (χ0) is 37.7. The van der Waals surface area contributed by atoms with Gasteiger partial charge in [0.15, 0.2) is 0 Å². The highest BCUT2D eigenvalue weighted by Crippen LogP contribution is 2.47. The van der Waals surface area contributed by atoms with E-state index in [-0.39, 0.29) is 0 Å². The molecule has 0 aliphatic rings. The van der Waals surface area contributed by atoms with Crippen LogP contribution in [0.1, 0.15) is 0 Å². The van der Waals surface area contributed by atoms with Crippen molar-refractivity contribution in [2.24, 2.45) is 0 Å². The Labute approximate surface area is 340 Å². The van der Waals surface area contributed by atoms with Crippen molar-refractivity contribution in [2.75, 3.05) is 4.90 Å². The van der Waals surface area contributed by atoms with Gasteiger partial charge in [0.25, 0.3) is 0 Å². The summed E-state index contributed by atoms with van der Waals surface area (Å²) in [5.41, 5.74) is 13.1. The Morgan fingerprint density at radius 3 is 1.53 bits per heavy atom. The topological polar surface area (TPSA) is 3.24 Å². The molecule has 0 spiro atoms. The summed E-state index contributed by atoms with van der Waals surface area (Å²) >= 11 is 3.74. The van der Waals surface area contributed by atoms with Gasteiger partial charge in [-0.15, -0.1) is 22.7 Å². The fraction of sp³-hybridized carbons (Fsp3) is 0. The van der Waals surface area contributed by atoms with Crippen LogP contribution in [0.3, 0.4) is 0 Å². The first-order valence-corrected chi connectivity index (χ1v) is 21.0. The van der Waals surface area contributed by atoms with E-state index in [2.05, 4.69) is 217 Å². The van der Waals surface area contributed by atoms with Crippen LogP contribution in [-0.4, -0.2) is 0 Å². The van der Waals surface area contributed by atoms with E-state index in [0.717, 1.165) is 17.1 Å². The van der Waals surface area contributed by atoms with Crippen LogP contribution in [0.25, 0.3) is 84.9 Å². The highest BCUT2D eigenvalue weighted by molar-refractivity contribution is 7.26. The van der Waals surface area contributed by atoms with E-state index in [0.29, 0.717) is 0 Å². The van der Waals surface area contributed by atoms with Crippen LogP contribution < -0.4 is 4.90 Å². The monoisotopic (exact) mass is 761 g/mol. The zero-order valence-corrected chi connectivity index (χ0v) is 32.6. The fourth-order valence-corrected chi connectivity index (χ4v) is 10.8. The smallest absolute Gasteiger partial charge is 0.0540 e. The lowest BCUT2D eigenvalue weighted by Gasteiger charge is -2.29. The predicted molar refractivity (Wildman–Crippen MR) is 249 cm³/mol. The van der Waals surface area contributed by atoms with Gasteiger partial charge in [-0.1, -0.05) is 164 Å². The molecule has 9 aromatic carbocycles. The maximum Gasteiger partial charge on any atom is 0.0540 e. The number of fused-ring (bicyclic) bond motifs is 6. The van der Waals surface area contributed by atoms with Gasteiger partial charge in [-0.25, -0.2) is 0 Å². The average Bonchev–Trinajstić information content (AvgIpc) is 3.86. The Bertz CT molecular complexity index is 3240. The number of benzene rings is 9. The second-order valence-electron chi connectivity index (χ2n) is 14.4. The summed E-state index contributed by atoms with van der Waals surface area (Å²) in [7, 11) is 0. The molecule has 0 saturated carbocycles. The fourth-order valence-electron chi connectivity index (χ4n) is 8.48. The molecule has 0 fully saturated rings. The SMILES string of the molecule is c1ccc(-c2ccccc2-c2ccccc2-c2ccccc2N(c2ccc(-c3cccc4c3sc3ccccc34)cc2)c2ccc3sc4ccccc4c3c2)cc1. The normalized spacial score (nSPS) is 11.5. The molecule has 11 rings (SSSR count). The maximum atomic E-state index is 2.45. The molecule has 0 bridgehead atoms. The quantitative estimate of drug-likeness (QED) is 0.156. The van der Waals surface area contributed by atoms with Crippen molar-refractivity contribution in [3.63, 3.8) is 0 Å². The van der Waals surface area contributed by atoms with Gasteiger partial charge in [0.2, 0.25) is 0 Å². The van der Waals surface area contributed by atoms with E-state index < -0.39 is 0 Å². The predicted octanol–water partition coefficient (Wildman–Crippen LogP) is 16.6. The lowest BCUT2D eigenvalue weighted by Crippen LogP contribution is -2.11. The lowest BCUT2D eigenvalue weighted by atomic mass is 9.88. The van der Waals surface area contributed by atoms with Gasteiger partial charge in [0, 0.05) is 57.3 Å². The number of anilines is 3. The van der Waals surface area contributed by atoms with Crippen molar-refractivity contribution in [2.45, 2.75) is 0 Å². The van der Waals surface area contributed by atoms with Gasteiger partial charge < -0.3 is 4.90 Å². The summed E-state index contributed by atoms with van der Waals surface area (Å²) in [6.07, 6.45) is 0. The summed E-state index contributed by atoms with van der Waals surface area (Å²) in [5, 5.41) is 5.21. The number of hydrogen-bond donors (Lipinski definition) is 0. The third-order valence-electron chi connectivity index (χ3n) is 11.1. The standard InChI is InChI=1S/C54H35NS2/c1-2-15-36(16-3-1)40-17-4-5-18-42(40)43-19-6-7-20-44(43)45-21-8-11-26-50(45)55(39-33-34-53-49(35-39)47-23-10-12-27-51(47)56-53)38-31-29-37(30-32-38)41-24-14-25-48-46-22-9-13-28-52(46)57-54(41)48/h1-35H. The Morgan fingerprint density at radius 2 is 0.772 bits per heavy atom. The minimum atomic E-state index is 1.11. The average molecular weight is 762 g/mol. The molecule has 0 N–H and O–H groups in total. The van der Waals surface area contributed by atoms with Crippen LogP contribution in [-0.2, 0) is 0 Å². The molecule has 268 valence electrons. The third kappa shape index (κ3) is 5.83. The molecule has 2 heterocycles. The number of thiophene rings is 2. The molecule has 11 aromatic rings. The molecular weight excluding hydrogens is 727 g/mol. The summed E-state index contributed by atoms with van der Waals surface area (Å²) in [5.74, 6) is 0. The Morgan fingerprint density at radius 1 is 0.281 bits per heavy atom. The van der Waals surface area contributed by atoms with Crippen molar-refractivity contribution >= 4 is 80.1 Å². The summed E-state index contributed by atoms with van der Waals surface area (Å²) in [6, 6.07) is 77.6. The molecule has 0 atom stereocenters. The van der Waals surface area contributed by atoms with Gasteiger partial charge in [0.1, 0.15) is 0 Å². The number of nitrogens with zero attached hydrogens (tertiary/aromatic N) is 1. The first-order chi connectivity index (χ1) is 28.3. The molecule has 0 radical (unpaired) electrons. The maximum absolute atomic E-state index is 2.45. The van der Waals surface area contributed by atoms with Crippen LogP contribution in [0.15, 0.2) is 212 Å². The summed E-state index contributed by atoms with van der Waals surface area (Å²) in [6.45, 7) is 0. The minimum absolute atomic E-state index is 1.11. The molecule has 2 aromatic heterocycles. The van der Waals surface area contributed by atoms with Crippen molar-refractivity contribution < 1.29 is 0 Å². The van der Waals surface area contributed by atoms with E-state index in [1.807, 2.05) is 22.7 Å². The first kappa shape index (κ1) is 33.5. The molecule has 57 heavy (non-hydrogen) atoms. The highest BCUT2D eigenvalue weighted by Gasteiger charge is 2.21. The van der Waals surface area contributed by atoms with Gasteiger partial charge in [-0.05, 0) is 87.5 Å². The number of para-hydroxylation sites is 1. The van der Waals surface area contributed by atoms with E-state index in [1.54, 1.807) is 0 Å². The van der Waals surface area contributed by atoms with Crippen LogP contribution in [0.4, 0.5) is 17.1 Å². The minimum Gasteiger partial charge on any atom is -0.310 e. The molecule has 0 aliphatic carbocycles. The Hall–Kier alpha value is -6.78. The van der Waals surface area contributed by atoms with Crippen molar-refractivity contribution in [1.82, 2.24) is 0 Å². The van der Waals surface area contributed by atoms with Crippen molar-refractivity contribution in [1.29, 1.82) is 0 Å². The van der Waals surface area contributed by atoms with Gasteiger partial charge >= 0.3 is 0 Å². The highest BCUT2D eigenvalue weighted by atomic mass is 32.1. The summed E-state index contributed by atoms with van der Waals surface area (Å²) < 4.78 is 5.25. The van der Waals surface area contributed by atoms with Gasteiger partial charge in [0.05, 0.1) is 5.69 Å². The number of rotatable bonds is 7. The molecule has 0 aliphatic heterocycles. The van der Waals surface area contributed by atoms with Crippen LogP contribution in [0.2, 0.25) is 0 Å². The van der Waals surface area contributed by atoms with Crippen LogP contribution in [0, 0.1) is 0 Å². The van der Waals surface area contributed by atoms with E-state index >= 15 is 0 Å². The molecule has 1 nitrogen and oxygen atoms in total. The number of hydrogen-bond acceptors (Lipinski definition) is 3. The van der Waals surface area contributed by atoms with Gasteiger partial charge in [-0.2, -0.15) is 0 Å².